The number of hydrogen-bond acceptors (Lipinski definition) is 5. The summed E-state index contributed by atoms with van der Waals surface area (Å²) in [5, 5.41) is 31.7. The van der Waals surface area contributed by atoms with Crippen LogP contribution in [-0.4, -0.2) is 46.0 Å². The highest BCUT2D eigenvalue weighted by Gasteiger charge is 2.62. The SMILES string of the molecule is CC(CCC(=O)NCC(=O)O)C1CCC2C3C[C@H](NO)[C@@H]4C[C@H](O)CC[C@]4(C)C3CC[C@]12C. The van der Waals surface area contributed by atoms with Gasteiger partial charge in [0.05, 0.1) is 6.10 Å². The molecular weight excluding hydrogens is 420 g/mol. The molecule has 0 radical (unpaired) electrons. The Morgan fingerprint density at radius 3 is 2.39 bits per heavy atom. The van der Waals surface area contributed by atoms with Crippen molar-refractivity contribution in [3.05, 3.63) is 0 Å². The van der Waals surface area contributed by atoms with Crippen LogP contribution in [0.3, 0.4) is 0 Å². The van der Waals surface area contributed by atoms with Crippen LogP contribution in [0.25, 0.3) is 0 Å². The third kappa shape index (κ3) is 4.45. The fourth-order valence-electron chi connectivity index (χ4n) is 9.26. The molecule has 4 fully saturated rings. The van der Waals surface area contributed by atoms with Crippen molar-refractivity contribution >= 4 is 11.9 Å². The number of hydroxylamine groups is 1. The van der Waals surface area contributed by atoms with Crippen molar-refractivity contribution in [3.63, 3.8) is 0 Å². The van der Waals surface area contributed by atoms with Crippen LogP contribution >= 0.6 is 0 Å². The minimum atomic E-state index is -1.01. The number of carboxylic acids is 1. The Bertz CT molecular complexity index is 746. The van der Waals surface area contributed by atoms with E-state index in [-0.39, 0.29) is 35.4 Å². The summed E-state index contributed by atoms with van der Waals surface area (Å²) < 4.78 is 0. The van der Waals surface area contributed by atoms with E-state index in [0.717, 1.165) is 32.1 Å². The second kappa shape index (κ2) is 9.46. The van der Waals surface area contributed by atoms with Gasteiger partial charge in [-0.3, -0.25) is 9.59 Å². The van der Waals surface area contributed by atoms with E-state index >= 15 is 0 Å². The largest absolute Gasteiger partial charge is 0.480 e. The van der Waals surface area contributed by atoms with Gasteiger partial charge in [0.2, 0.25) is 5.91 Å². The Balaban J connectivity index is 1.45. The van der Waals surface area contributed by atoms with Crippen molar-refractivity contribution in [1.29, 1.82) is 0 Å². The highest BCUT2D eigenvalue weighted by molar-refractivity contribution is 5.81. The number of fused-ring (bicyclic) bond motifs is 5. The molecule has 0 saturated heterocycles. The first kappa shape index (κ1) is 24.9. The van der Waals surface area contributed by atoms with Gasteiger partial charge in [0.1, 0.15) is 6.54 Å². The summed E-state index contributed by atoms with van der Waals surface area (Å²) in [6.07, 6.45) is 9.51. The third-order valence-corrected chi connectivity index (χ3v) is 10.9. The van der Waals surface area contributed by atoms with Crippen LogP contribution in [0, 0.1) is 46.3 Å². The monoisotopic (exact) mass is 464 g/mol. The van der Waals surface area contributed by atoms with Gasteiger partial charge in [0.25, 0.3) is 0 Å². The maximum atomic E-state index is 12.1. The molecule has 7 heteroatoms. The molecule has 4 rings (SSSR count). The maximum absolute atomic E-state index is 12.1. The Labute approximate surface area is 198 Å². The van der Waals surface area contributed by atoms with E-state index in [4.69, 9.17) is 5.11 Å². The molecule has 4 aliphatic rings. The van der Waals surface area contributed by atoms with Gasteiger partial charge in [0.15, 0.2) is 0 Å². The first-order valence-electron chi connectivity index (χ1n) is 13.2. The number of carboxylic acid groups (broad SMARTS) is 1. The van der Waals surface area contributed by atoms with Crippen molar-refractivity contribution < 1.29 is 25.0 Å². The van der Waals surface area contributed by atoms with Crippen LogP contribution in [0.1, 0.15) is 85.0 Å². The molecule has 0 aromatic rings. The predicted molar refractivity (Wildman–Crippen MR) is 124 cm³/mol. The molecule has 10 atom stereocenters. The van der Waals surface area contributed by atoms with E-state index in [0.29, 0.717) is 41.9 Å². The van der Waals surface area contributed by atoms with Crippen molar-refractivity contribution in [2.75, 3.05) is 6.54 Å². The van der Waals surface area contributed by atoms with Gasteiger partial charge in [-0.1, -0.05) is 20.8 Å². The summed E-state index contributed by atoms with van der Waals surface area (Å²) in [6, 6.07) is 0.0583. The molecular formula is C26H44N2O5. The Morgan fingerprint density at radius 2 is 1.70 bits per heavy atom. The topological polar surface area (TPSA) is 119 Å². The number of carbonyl (C=O) groups excluding carboxylic acids is 1. The number of carbonyl (C=O) groups is 2. The summed E-state index contributed by atoms with van der Waals surface area (Å²) in [4.78, 5) is 22.7. The lowest BCUT2D eigenvalue weighted by molar-refractivity contribution is -0.154. The normalized spacial score (nSPS) is 45.4. The summed E-state index contributed by atoms with van der Waals surface area (Å²) in [6.45, 7) is 6.87. The Hall–Kier alpha value is -1.18. The molecule has 0 bridgehead atoms. The van der Waals surface area contributed by atoms with Gasteiger partial charge in [-0.05, 0) is 104 Å². The molecule has 0 spiro atoms. The lowest BCUT2D eigenvalue weighted by Gasteiger charge is -2.63. The number of hydrogen-bond donors (Lipinski definition) is 5. The van der Waals surface area contributed by atoms with Crippen molar-refractivity contribution in [3.8, 4) is 0 Å². The van der Waals surface area contributed by atoms with Gasteiger partial charge in [-0.15, -0.1) is 0 Å². The number of aliphatic carboxylic acids is 1. The minimum Gasteiger partial charge on any atom is -0.480 e. The summed E-state index contributed by atoms with van der Waals surface area (Å²) in [5.41, 5.74) is 3.10. The first-order chi connectivity index (χ1) is 15.6. The molecule has 188 valence electrons. The summed E-state index contributed by atoms with van der Waals surface area (Å²) in [5.74, 6) is 2.06. The number of aliphatic hydroxyl groups is 1. The summed E-state index contributed by atoms with van der Waals surface area (Å²) in [7, 11) is 0. The van der Waals surface area contributed by atoms with Crippen molar-refractivity contribution in [1.82, 2.24) is 10.8 Å². The van der Waals surface area contributed by atoms with Crippen molar-refractivity contribution in [2.45, 2.75) is 97.1 Å². The zero-order chi connectivity index (χ0) is 24.0. The van der Waals surface area contributed by atoms with Gasteiger partial charge in [0, 0.05) is 12.5 Å². The fourth-order valence-corrected chi connectivity index (χ4v) is 9.26. The Morgan fingerprint density at radius 1 is 1.00 bits per heavy atom. The van der Waals surface area contributed by atoms with Crippen LogP contribution in [0.15, 0.2) is 0 Å². The second-order valence-corrected chi connectivity index (χ2v) is 12.3. The standard InChI is InChI=1S/C26H44N2O5/c1-15(4-7-23(30)27-14-24(31)32)18-5-6-19-17-13-22(28-33)21-12-16(29)8-10-26(21,3)20(17)9-11-25(18,19)2/h15-22,28-29,33H,4-14H2,1-3H3,(H,27,30)(H,31,32)/t15?,16-,17?,18?,19?,20?,21+,22+,25-,26-/m1/s1. The van der Waals surface area contributed by atoms with E-state index in [1.165, 1.54) is 25.7 Å². The van der Waals surface area contributed by atoms with Crippen LogP contribution < -0.4 is 10.8 Å². The molecule has 4 saturated carbocycles. The number of aliphatic hydroxyl groups excluding tert-OH is 1. The van der Waals surface area contributed by atoms with E-state index in [1.807, 2.05) is 0 Å². The number of amides is 1. The molecule has 0 aliphatic heterocycles. The number of rotatable bonds is 7. The molecule has 0 heterocycles. The highest BCUT2D eigenvalue weighted by Crippen LogP contribution is 2.68. The minimum absolute atomic E-state index is 0.0583. The lowest BCUT2D eigenvalue weighted by atomic mass is 9.43. The average Bonchev–Trinajstić information content (AvgIpc) is 3.13. The molecule has 33 heavy (non-hydrogen) atoms. The van der Waals surface area contributed by atoms with E-state index in [1.54, 1.807) is 0 Å². The van der Waals surface area contributed by atoms with Crippen LogP contribution in [-0.2, 0) is 9.59 Å². The molecule has 5 unspecified atom stereocenters. The highest BCUT2D eigenvalue weighted by atomic mass is 16.5. The van der Waals surface area contributed by atoms with E-state index < -0.39 is 5.97 Å². The second-order valence-electron chi connectivity index (χ2n) is 12.3. The predicted octanol–water partition coefficient (Wildman–Crippen LogP) is 3.58. The van der Waals surface area contributed by atoms with Crippen LogP contribution in [0.5, 0.6) is 0 Å². The van der Waals surface area contributed by atoms with E-state index in [2.05, 4.69) is 31.6 Å². The van der Waals surface area contributed by atoms with Crippen molar-refractivity contribution in [2.24, 2.45) is 46.3 Å². The van der Waals surface area contributed by atoms with Gasteiger partial charge < -0.3 is 20.7 Å². The summed E-state index contributed by atoms with van der Waals surface area (Å²) >= 11 is 0. The number of nitrogens with one attached hydrogen (secondary N) is 2. The molecule has 4 aliphatic carbocycles. The first-order valence-corrected chi connectivity index (χ1v) is 13.2. The smallest absolute Gasteiger partial charge is 0.322 e. The van der Waals surface area contributed by atoms with Gasteiger partial charge in [-0.25, -0.2) is 5.48 Å². The quantitative estimate of drug-likeness (QED) is 0.368. The molecule has 7 nitrogen and oxygen atoms in total. The zero-order valence-electron chi connectivity index (χ0n) is 20.6. The molecule has 1 amide bonds. The average molecular weight is 465 g/mol. The maximum Gasteiger partial charge on any atom is 0.322 e. The molecule has 0 aromatic carbocycles. The lowest BCUT2D eigenvalue weighted by Crippen LogP contribution is -2.60. The fraction of sp³-hybridized carbons (Fsp3) is 0.923. The zero-order valence-corrected chi connectivity index (χ0v) is 20.6. The Kier molecular flexibility index (Phi) is 7.15. The van der Waals surface area contributed by atoms with Crippen LogP contribution in [0.4, 0.5) is 0 Å². The van der Waals surface area contributed by atoms with E-state index in [9.17, 15) is 19.9 Å². The third-order valence-electron chi connectivity index (χ3n) is 10.9. The molecule has 0 aromatic heterocycles. The van der Waals surface area contributed by atoms with Gasteiger partial charge in [-0.2, -0.15) is 0 Å². The molecule has 5 N–H and O–H groups in total. The van der Waals surface area contributed by atoms with Crippen LogP contribution in [0.2, 0.25) is 0 Å². The van der Waals surface area contributed by atoms with Gasteiger partial charge >= 0.3 is 5.97 Å².